The third-order valence-corrected chi connectivity index (χ3v) is 10.6. The summed E-state index contributed by atoms with van der Waals surface area (Å²) in [4.78, 5) is 14.4. The summed E-state index contributed by atoms with van der Waals surface area (Å²) in [6, 6.07) is 12.3. The maximum atomic E-state index is 13.5. The predicted molar refractivity (Wildman–Crippen MR) is 136 cm³/mol. The lowest BCUT2D eigenvalue weighted by Gasteiger charge is -2.53. The molecule has 9 heteroatoms. The number of urea groups is 1. The molecule has 3 saturated carbocycles. The summed E-state index contributed by atoms with van der Waals surface area (Å²) >= 11 is 0. The second-order valence-electron chi connectivity index (χ2n) is 11.4. The van der Waals surface area contributed by atoms with Gasteiger partial charge in [-0.05, 0) is 98.7 Å². The Morgan fingerprint density at radius 3 is 2.22 bits per heavy atom. The lowest BCUT2D eigenvalue weighted by molar-refractivity contribution is 0.0846. The summed E-state index contributed by atoms with van der Waals surface area (Å²) < 4.78 is 41.6. The third kappa shape index (κ3) is 4.64. The Hall–Kier alpha value is -2.49. The van der Waals surface area contributed by atoms with Crippen LogP contribution in [0.5, 0.6) is 0 Å². The van der Waals surface area contributed by atoms with Crippen LogP contribution in [0.25, 0.3) is 0 Å². The fraction of sp³-hybridized carbons (Fsp3) is 0.519. The molecular weight excluding hydrogens is 481 g/mol. The van der Waals surface area contributed by atoms with Crippen LogP contribution in [0.15, 0.2) is 42.5 Å². The molecule has 2 bridgehead atoms. The number of anilines is 1. The number of halogens is 1. The van der Waals surface area contributed by atoms with Crippen LogP contribution < -0.4 is 10.0 Å². The quantitative estimate of drug-likeness (QED) is 0.531. The molecule has 0 saturated heterocycles. The fourth-order valence-electron chi connectivity index (χ4n) is 6.03. The van der Waals surface area contributed by atoms with Gasteiger partial charge in [-0.2, -0.15) is 0 Å². The van der Waals surface area contributed by atoms with Crippen molar-refractivity contribution in [3.63, 3.8) is 0 Å². The summed E-state index contributed by atoms with van der Waals surface area (Å²) in [6.45, 7) is 4.04. The van der Waals surface area contributed by atoms with E-state index in [0.717, 1.165) is 30.4 Å². The molecule has 194 valence electrons. The van der Waals surface area contributed by atoms with Gasteiger partial charge in [0.05, 0.1) is 10.3 Å². The highest BCUT2D eigenvalue weighted by molar-refractivity contribution is 7.90. The largest absolute Gasteiger partial charge is 0.389 e. The first-order chi connectivity index (χ1) is 16.9. The number of nitrogens with zero attached hydrogens (tertiary/aromatic N) is 1. The van der Waals surface area contributed by atoms with Crippen molar-refractivity contribution in [3.05, 3.63) is 65.0 Å². The Labute approximate surface area is 212 Å². The number of sulfonamides is 1. The van der Waals surface area contributed by atoms with E-state index in [4.69, 9.17) is 0 Å². The van der Waals surface area contributed by atoms with Crippen molar-refractivity contribution in [2.75, 3.05) is 11.9 Å². The van der Waals surface area contributed by atoms with Crippen molar-refractivity contribution in [1.29, 1.82) is 0 Å². The van der Waals surface area contributed by atoms with E-state index >= 15 is 0 Å². The molecule has 1 heterocycles. The molecule has 4 aliphatic rings. The van der Waals surface area contributed by atoms with Gasteiger partial charge >= 0.3 is 6.03 Å². The van der Waals surface area contributed by atoms with E-state index in [1.807, 2.05) is 24.3 Å². The second-order valence-corrected chi connectivity index (χ2v) is 13.5. The van der Waals surface area contributed by atoms with E-state index < -0.39 is 20.4 Å². The zero-order valence-corrected chi connectivity index (χ0v) is 21.6. The predicted octanol–water partition coefficient (Wildman–Crippen LogP) is 4.41. The van der Waals surface area contributed by atoms with E-state index in [9.17, 15) is 22.7 Å². The van der Waals surface area contributed by atoms with Gasteiger partial charge in [0.2, 0.25) is 10.0 Å². The van der Waals surface area contributed by atoms with Crippen molar-refractivity contribution in [3.8, 4) is 0 Å². The molecule has 2 amide bonds. The zero-order chi connectivity index (χ0) is 25.8. The molecule has 36 heavy (non-hydrogen) atoms. The number of benzene rings is 2. The molecule has 2 aromatic rings. The molecule has 7 nitrogen and oxygen atoms in total. The smallest absolute Gasteiger partial charge is 0.322 e. The summed E-state index contributed by atoms with van der Waals surface area (Å²) in [5.41, 5.74) is 2.54. The van der Waals surface area contributed by atoms with E-state index in [1.54, 1.807) is 24.8 Å². The van der Waals surface area contributed by atoms with Crippen LogP contribution in [0.3, 0.4) is 0 Å². The Morgan fingerprint density at radius 2 is 1.61 bits per heavy atom. The summed E-state index contributed by atoms with van der Waals surface area (Å²) in [7, 11) is -3.53. The zero-order valence-electron chi connectivity index (χ0n) is 20.8. The van der Waals surface area contributed by atoms with Crippen LogP contribution in [0.2, 0.25) is 0 Å². The SMILES string of the molecule is CC(C)(O)CNS(=O)(=O)C12CCC(c3ccc(NC(=O)N4Cc5ccc(F)cc5C4)cc3)(CC1)CC2. The standard InChI is InChI=1S/C27H34FN3O4S/c1-25(2,33)18-29-36(34,35)27-12-9-26(10-13-27,11-14-27)21-4-7-23(8-5-21)30-24(32)31-16-19-3-6-22(28)15-20(19)17-31/h3-8,15,29,33H,9-14,16-18H2,1-2H3,(H,30,32). The molecule has 6 rings (SSSR count). The Bertz CT molecular complexity index is 1250. The minimum Gasteiger partial charge on any atom is -0.389 e. The number of rotatable bonds is 6. The number of nitrogens with one attached hydrogen (secondary N) is 2. The molecule has 0 radical (unpaired) electrons. The highest BCUT2D eigenvalue weighted by Crippen LogP contribution is 2.56. The van der Waals surface area contributed by atoms with Crippen LogP contribution in [0.4, 0.5) is 14.9 Å². The van der Waals surface area contributed by atoms with Crippen molar-refractivity contribution in [1.82, 2.24) is 9.62 Å². The highest BCUT2D eigenvalue weighted by Gasteiger charge is 2.55. The number of amides is 2. The average Bonchev–Trinajstić information content (AvgIpc) is 3.27. The number of carbonyl (C=O) groups is 1. The van der Waals surface area contributed by atoms with Crippen LogP contribution >= 0.6 is 0 Å². The third-order valence-electron chi connectivity index (χ3n) is 8.37. The van der Waals surface area contributed by atoms with Crippen molar-refractivity contribution in [2.45, 2.75) is 81.2 Å². The Morgan fingerprint density at radius 1 is 1.00 bits per heavy atom. The maximum Gasteiger partial charge on any atom is 0.322 e. The van der Waals surface area contributed by atoms with Crippen molar-refractivity contribution in [2.24, 2.45) is 0 Å². The number of hydrogen-bond donors (Lipinski definition) is 3. The molecule has 3 aliphatic carbocycles. The van der Waals surface area contributed by atoms with Crippen LogP contribution in [-0.2, 0) is 28.5 Å². The van der Waals surface area contributed by atoms with E-state index in [2.05, 4.69) is 10.0 Å². The number of hydrogen-bond acceptors (Lipinski definition) is 4. The number of aliphatic hydroxyl groups is 1. The van der Waals surface area contributed by atoms with Crippen LogP contribution in [-0.4, -0.2) is 41.3 Å². The lowest BCUT2D eigenvalue weighted by Crippen LogP contribution is -2.57. The Balaban J connectivity index is 1.21. The van der Waals surface area contributed by atoms with Crippen LogP contribution in [0, 0.1) is 5.82 Å². The van der Waals surface area contributed by atoms with Crippen molar-refractivity contribution >= 4 is 21.7 Å². The van der Waals surface area contributed by atoms with E-state index in [1.165, 1.54) is 17.7 Å². The van der Waals surface area contributed by atoms with Gasteiger partial charge in [0.1, 0.15) is 5.82 Å². The molecule has 0 aromatic heterocycles. The van der Waals surface area contributed by atoms with Gasteiger partial charge in [0, 0.05) is 25.3 Å². The molecule has 0 spiro atoms. The number of fused-ring (bicyclic) bond motifs is 4. The van der Waals surface area contributed by atoms with Gasteiger partial charge in [-0.3, -0.25) is 0 Å². The average molecular weight is 516 g/mol. The topological polar surface area (TPSA) is 98.7 Å². The van der Waals surface area contributed by atoms with Crippen molar-refractivity contribution < 1.29 is 22.7 Å². The lowest BCUT2D eigenvalue weighted by atomic mass is 9.57. The van der Waals surface area contributed by atoms with Gasteiger partial charge < -0.3 is 15.3 Å². The minimum atomic E-state index is -3.53. The summed E-state index contributed by atoms with van der Waals surface area (Å²) in [5.74, 6) is -0.295. The van der Waals surface area contributed by atoms with E-state index in [-0.39, 0.29) is 23.8 Å². The first-order valence-corrected chi connectivity index (χ1v) is 14.0. The molecule has 3 fully saturated rings. The maximum absolute atomic E-state index is 13.5. The summed E-state index contributed by atoms with van der Waals surface area (Å²) in [6.07, 6.45) is 4.19. The summed E-state index contributed by atoms with van der Waals surface area (Å²) in [5, 5.41) is 12.9. The van der Waals surface area contributed by atoms with Gasteiger partial charge in [-0.1, -0.05) is 18.2 Å². The fourth-order valence-corrected chi connectivity index (χ4v) is 7.99. The van der Waals surface area contributed by atoms with Crippen LogP contribution in [0.1, 0.15) is 69.1 Å². The second kappa shape index (κ2) is 8.82. The minimum absolute atomic E-state index is 0.00974. The highest BCUT2D eigenvalue weighted by atomic mass is 32.2. The molecule has 2 aromatic carbocycles. The monoisotopic (exact) mass is 515 g/mol. The molecular formula is C27H34FN3O4S. The van der Waals surface area contributed by atoms with Gasteiger partial charge in [0.15, 0.2) is 0 Å². The number of carbonyl (C=O) groups excluding carboxylic acids is 1. The molecule has 1 aliphatic heterocycles. The Kier molecular flexibility index (Phi) is 6.16. The normalized spacial score (nSPS) is 25.6. The van der Waals surface area contributed by atoms with Gasteiger partial charge in [-0.15, -0.1) is 0 Å². The molecule has 3 N–H and O–H groups in total. The first kappa shape index (κ1) is 25.2. The van der Waals surface area contributed by atoms with E-state index in [0.29, 0.717) is 38.0 Å². The van der Waals surface area contributed by atoms with Gasteiger partial charge in [-0.25, -0.2) is 22.3 Å². The first-order valence-electron chi connectivity index (χ1n) is 12.6. The molecule has 0 unspecified atom stereocenters. The van der Waals surface area contributed by atoms with Gasteiger partial charge in [0.25, 0.3) is 0 Å². The molecule has 0 atom stereocenters.